The number of methoxy groups -OCH3 is 1. The standard InChI is InChI=1S/C47H57ClFN5O16/c1-31-24-39(48)44(40(49)25-31)66-15-5-4-14-65-37-11-7-34(8-12-37)38-27-36-29-50(46(56)67-20-16-63-18-22-69-53(58)59)30-41(52(36)47(57)68-21-17-64-19-23-70-54(60)61)43(38)45(55)51(35-9-10-35)28-33-6-13-42(62-3)32(2)26-33/h6-8,11-13,24-26,35-36,41H,4-5,9-10,14-23,27-30H2,1-3H3. The van der Waals surface area contributed by atoms with Gasteiger partial charge in [-0.3, -0.25) is 9.69 Å². The average Bonchev–Trinajstić information content (AvgIpc) is 4.17. The quantitative estimate of drug-likeness (QED) is 0.0436. The largest absolute Gasteiger partial charge is 0.496 e. The Morgan fingerprint density at radius 1 is 0.786 bits per heavy atom. The van der Waals surface area contributed by atoms with E-state index in [1.54, 1.807) is 37.1 Å². The molecule has 2 aliphatic heterocycles. The predicted octanol–water partition coefficient (Wildman–Crippen LogP) is 6.77. The Labute approximate surface area is 408 Å². The van der Waals surface area contributed by atoms with Gasteiger partial charge in [-0.05, 0) is 104 Å². The van der Waals surface area contributed by atoms with Gasteiger partial charge in [-0.15, -0.1) is 20.2 Å². The maximum Gasteiger partial charge on any atom is 0.410 e. The fourth-order valence-electron chi connectivity index (χ4n) is 8.25. The number of piperazine rings is 1. The van der Waals surface area contributed by atoms with Crippen LogP contribution in [0.25, 0.3) is 5.57 Å². The van der Waals surface area contributed by atoms with Crippen molar-refractivity contribution >= 4 is 35.3 Å². The van der Waals surface area contributed by atoms with Gasteiger partial charge in [0.15, 0.2) is 11.6 Å². The first kappa shape index (κ1) is 52.7. The van der Waals surface area contributed by atoms with Crippen LogP contribution in [0.2, 0.25) is 5.02 Å². The number of halogens is 2. The molecule has 0 radical (unpaired) electrons. The molecule has 3 aromatic carbocycles. The van der Waals surface area contributed by atoms with Crippen molar-refractivity contribution in [3.63, 3.8) is 0 Å². The van der Waals surface area contributed by atoms with Crippen LogP contribution >= 0.6 is 11.6 Å². The third-order valence-corrected chi connectivity index (χ3v) is 11.8. The second kappa shape index (κ2) is 25.8. The van der Waals surface area contributed by atoms with Gasteiger partial charge in [0.05, 0.1) is 63.9 Å². The summed E-state index contributed by atoms with van der Waals surface area (Å²) in [5, 5.41) is 19.3. The first-order valence-electron chi connectivity index (χ1n) is 22.8. The minimum Gasteiger partial charge on any atom is -0.496 e. The van der Waals surface area contributed by atoms with Gasteiger partial charge in [0.25, 0.3) is 16.1 Å². The Morgan fingerprint density at radius 3 is 2.01 bits per heavy atom. The van der Waals surface area contributed by atoms with E-state index in [9.17, 15) is 34.2 Å². The van der Waals surface area contributed by atoms with Crippen molar-refractivity contribution in [2.45, 2.75) is 70.6 Å². The van der Waals surface area contributed by atoms with Crippen molar-refractivity contribution in [3.05, 3.63) is 113 Å². The monoisotopic (exact) mass is 1000 g/mol. The van der Waals surface area contributed by atoms with E-state index >= 15 is 4.79 Å². The molecule has 2 fully saturated rings. The van der Waals surface area contributed by atoms with Crippen LogP contribution in [0.4, 0.5) is 14.0 Å². The van der Waals surface area contributed by atoms with Crippen LogP contribution in [0.15, 0.2) is 60.2 Å². The molecular formula is C47H57ClFN5O16. The Morgan fingerprint density at radius 2 is 1.41 bits per heavy atom. The first-order chi connectivity index (χ1) is 33.7. The zero-order chi connectivity index (χ0) is 50.2. The van der Waals surface area contributed by atoms with Crippen LogP contribution in [-0.4, -0.2) is 147 Å². The fraction of sp³-hybridized carbons (Fsp3) is 0.511. The van der Waals surface area contributed by atoms with Crippen LogP contribution in [0, 0.1) is 39.9 Å². The van der Waals surface area contributed by atoms with Crippen LogP contribution < -0.4 is 14.2 Å². The van der Waals surface area contributed by atoms with Gasteiger partial charge in [-0.25, -0.2) is 14.0 Å². The summed E-state index contributed by atoms with van der Waals surface area (Å²) in [6.45, 7) is 2.95. The summed E-state index contributed by atoms with van der Waals surface area (Å²) in [6, 6.07) is 14.2. The SMILES string of the molecule is COc1ccc(CN(C(=O)C2=C(c3ccc(OCCCCOc4c(F)cc(C)cc4Cl)cc3)CC3CN(C(=O)OCCOCCO[N+](=O)[O-])CC2N3C(=O)OCCOCCO[N+](=O)[O-])C2CC2)cc1C. The molecule has 0 aromatic heterocycles. The summed E-state index contributed by atoms with van der Waals surface area (Å²) in [7, 11) is 1.59. The number of benzene rings is 3. The molecule has 1 aliphatic carbocycles. The van der Waals surface area contributed by atoms with Gasteiger partial charge in [-0.2, -0.15) is 0 Å². The third-order valence-electron chi connectivity index (χ3n) is 11.6. The number of aryl methyl sites for hydroxylation is 2. The highest BCUT2D eigenvalue weighted by Crippen LogP contribution is 2.42. The minimum atomic E-state index is -1.01. The number of carbonyl (C=O) groups is 3. The molecule has 0 spiro atoms. The number of fused-ring (bicyclic) bond motifs is 2. The Kier molecular flexibility index (Phi) is 19.4. The van der Waals surface area contributed by atoms with Crippen molar-refractivity contribution in [1.29, 1.82) is 0 Å². The molecule has 23 heteroatoms. The maximum atomic E-state index is 15.4. The number of ether oxygens (including phenoxy) is 7. The molecule has 6 rings (SSSR count). The van der Waals surface area contributed by atoms with Gasteiger partial charge in [-0.1, -0.05) is 35.9 Å². The predicted molar refractivity (Wildman–Crippen MR) is 247 cm³/mol. The Balaban J connectivity index is 1.24. The highest BCUT2D eigenvalue weighted by molar-refractivity contribution is 6.32. The molecule has 2 unspecified atom stereocenters. The topological polar surface area (TPSA) is 230 Å². The summed E-state index contributed by atoms with van der Waals surface area (Å²) < 4.78 is 53.4. The maximum absolute atomic E-state index is 15.4. The Hall–Kier alpha value is -6.65. The molecule has 380 valence electrons. The summed E-state index contributed by atoms with van der Waals surface area (Å²) in [6.07, 6.45) is 1.36. The molecule has 3 aromatic rings. The zero-order valence-electron chi connectivity index (χ0n) is 39.2. The second-order valence-corrected chi connectivity index (χ2v) is 17.0. The van der Waals surface area contributed by atoms with Crippen LogP contribution in [0.3, 0.4) is 0 Å². The third kappa shape index (κ3) is 14.9. The lowest BCUT2D eigenvalue weighted by Crippen LogP contribution is -2.65. The molecular weight excluding hydrogens is 945 g/mol. The van der Waals surface area contributed by atoms with Crippen molar-refractivity contribution in [1.82, 2.24) is 14.7 Å². The van der Waals surface area contributed by atoms with E-state index in [0.717, 1.165) is 24.0 Å². The van der Waals surface area contributed by atoms with Gasteiger partial charge >= 0.3 is 12.2 Å². The van der Waals surface area contributed by atoms with E-state index in [2.05, 4.69) is 9.68 Å². The second-order valence-electron chi connectivity index (χ2n) is 16.6. The molecule has 3 aliphatic rings. The minimum absolute atomic E-state index is 0.00674. The summed E-state index contributed by atoms with van der Waals surface area (Å²) >= 11 is 6.17. The lowest BCUT2D eigenvalue weighted by molar-refractivity contribution is -0.758. The normalized spacial score (nSPS) is 16.3. The smallest absolute Gasteiger partial charge is 0.410 e. The molecule has 1 saturated heterocycles. The first-order valence-corrected chi connectivity index (χ1v) is 23.2. The number of carbonyl (C=O) groups excluding carboxylic acids is 3. The van der Waals surface area contributed by atoms with Crippen molar-refractivity contribution in [3.8, 4) is 17.2 Å². The van der Waals surface area contributed by atoms with E-state index in [0.29, 0.717) is 53.2 Å². The van der Waals surface area contributed by atoms with Gasteiger partial charge in [0.1, 0.15) is 37.9 Å². The number of amides is 3. The molecule has 2 bridgehead atoms. The van der Waals surface area contributed by atoms with Crippen molar-refractivity contribution < 1.29 is 71.8 Å². The van der Waals surface area contributed by atoms with Crippen LogP contribution in [-0.2, 0) is 40.0 Å². The van der Waals surface area contributed by atoms with E-state index in [1.165, 1.54) is 15.9 Å². The number of hydrogen-bond donors (Lipinski definition) is 0. The fourth-order valence-corrected chi connectivity index (χ4v) is 8.57. The number of nitrogens with zero attached hydrogens (tertiary/aromatic N) is 5. The average molecular weight is 1000 g/mol. The van der Waals surface area contributed by atoms with E-state index in [-0.39, 0.29) is 108 Å². The molecule has 2 heterocycles. The number of unbranched alkanes of at least 4 members (excludes halogenated alkanes) is 1. The van der Waals surface area contributed by atoms with Crippen LogP contribution in [0.1, 0.15) is 54.4 Å². The molecule has 70 heavy (non-hydrogen) atoms. The zero-order valence-corrected chi connectivity index (χ0v) is 39.9. The van der Waals surface area contributed by atoms with Crippen molar-refractivity contribution in [2.75, 3.05) is 86.3 Å². The van der Waals surface area contributed by atoms with Gasteiger partial charge in [0, 0.05) is 31.2 Å². The molecule has 0 N–H and O–H groups in total. The molecule has 21 nitrogen and oxygen atoms in total. The summed E-state index contributed by atoms with van der Waals surface area (Å²) in [4.78, 5) is 77.5. The van der Waals surface area contributed by atoms with Gasteiger partial charge in [0.2, 0.25) is 0 Å². The number of rotatable bonds is 27. The molecule has 2 atom stereocenters. The highest BCUT2D eigenvalue weighted by Gasteiger charge is 2.50. The van der Waals surface area contributed by atoms with Crippen molar-refractivity contribution in [2.24, 2.45) is 0 Å². The summed E-state index contributed by atoms with van der Waals surface area (Å²) in [5.74, 6) is 0.434. The van der Waals surface area contributed by atoms with E-state index < -0.39 is 40.3 Å². The number of hydrogen-bond acceptors (Lipinski definition) is 16. The highest BCUT2D eigenvalue weighted by atomic mass is 35.5. The molecule has 3 amide bonds. The van der Waals surface area contributed by atoms with E-state index in [4.69, 9.17) is 44.8 Å². The molecule has 1 saturated carbocycles. The lowest BCUT2D eigenvalue weighted by atomic mass is 9.81. The van der Waals surface area contributed by atoms with Crippen LogP contribution in [0.5, 0.6) is 17.2 Å². The Bertz CT molecular complexity index is 2310. The van der Waals surface area contributed by atoms with E-state index in [1.807, 2.05) is 37.3 Å². The van der Waals surface area contributed by atoms with Gasteiger partial charge < -0.3 is 52.6 Å². The summed E-state index contributed by atoms with van der Waals surface area (Å²) in [5.41, 5.74) is 4.13. The lowest BCUT2D eigenvalue weighted by Gasteiger charge is -2.50.